The molecule has 3 N–H and O–H groups in total. The van der Waals surface area contributed by atoms with Crippen LogP contribution in [0.2, 0.25) is 0 Å². The van der Waals surface area contributed by atoms with Crippen molar-refractivity contribution in [2.24, 2.45) is 0 Å². The highest BCUT2D eigenvalue weighted by Crippen LogP contribution is 2.17. The Morgan fingerprint density at radius 3 is 2.17 bits per heavy atom. The molecule has 12 heavy (non-hydrogen) atoms. The van der Waals surface area contributed by atoms with Gasteiger partial charge in [-0.2, -0.15) is 0 Å². The van der Waals surface area contributed by atoms with Crippen molar-refractivity contribution >= 4 is 6.29 Å². The van der Waals surface area contributed by atoms with Crippen molar-refractivity contribution in [2.75, 3.05) is 0 Å². The van der Waals surface area contributed by atoms with Crippen LogP contribution in [0.4, 0.5) is 0 Å². The summed E-state index contributed by atoms with van der Waals surface area (Å²) in [6, 6.07) is 5.67. The summed E-state index contributed by atoms with van der Waals surface area (Å²) >= 11 is 0. The first-order valence-electron chi connectivity index (χ1n) is 3.27. The van der Waals surface area contributed by atoms with E-state index in [9.17, 15) is 4.79 Å². The highest BCUT2D eigenvalue weighted by atomic mass is 16.7. The van der Waals surface area contributed by atoms with Gasteiger partial charge < -0.3 is 15.3 Å². The van der Waals surface area contributed by atoms with E-state index in [-0.39, 0.29) is 11.1 Å². The van der Waals surface area contributed by atoms with Gasteiger partial charge in [-0.25, -0.2) is 0 Å². The number of carbonyl (C=O) groups is 1. The van der Waals surface area contributed by atoms with Gasteiger partial charge >= 0.3 is 5.97 Å². The molecule has 0 saturated heterocycles. The van der Waals surface area contributed by atoms with Crippen molar-refractivity contribution in [3.8, 4) is 0 Å². The molecule has 4 nitrogen and oxygen atoms in total. The van der Waals surface area contributed by atoms with Crippen LogP contribution in [0.15, 0.2) is 24.3 Å². The average molecular weight is 168 g/mol. The van der Waals surface area contributed by atoms with Crippen molar-refractivity contribution in [3.05, 3.63) is 35.4 Å². The number of hydrogen-bond acceptors (Lipinski definition) is 4. The molecule has 0 bridgehead atoms. The molecule has 4 heteroatoms. The summed E-state index contributed by atoms with van der Waals surface area (Å²) in [6.45, 7) is 0. The third-order valence-electron chi connectivity index (χ3n) is 1.45. The first-order valence-corrected chi connectivity index (χ1v) is 3.27. The van der Waals surface area contributed by atoms with Gasteiger partial charge in [-0.1, -0.05) is 24.3 Å². The monoisotopic (exact) mass is 168 g/mol. The molecule has 0 aromatic heterocycles. The van der Waals surface area contributed by atoms with E-state index in [0.29, 0.717) is 6.29 Å². The second-order valence-corrected chi connectivity index (χ2v) is 2.34. The lowest BCUT2D eigenvalue weighted by Gasteiger charge is -2.15. The molecule has 1 aromatic rings. The van der Waals surface area contributed by atoms with Crippen molar-refractivity contribution in [3.63, 3.8) is 0 Å². The van der Waals surface area contributed by atoms with Crippen LogP contribution in [0.3, 0.4) is 0 Å². The van der Waals surface area contributed by atoms with E-state index in [2.05, 4.69) is 0 Å². The van der Waals surface area contributed by atoms with E-state index in [0.717, 1.165) is 0 Å². The first kappa shape index (κ1) is 8.86. The Kier molecular flexibility index (Phi) is 2.23. The molecule has 0 saturated carbocycles. The number of hydrogen-bond donors (Lipinski definition) is 3. The summed E-state index contributed by atoms with van der Waals surface area (Å²) in [7, 11) is 0. The lowest BCUT2D eigenvalue weighted by Crippen LogP contribution is -2.25. The fourth-order valence-electron chi connectivity index (χ4n) is 0.905. The molecule has 0 aliphatic carbocycles. The van der Waals surface area contributed by atoms with E-state index < -0.39 is 5.97 Å². The van der Waals surface area contributed by atoms with E-state index in [1.807, 2.05) is 0 Å². The highest BCUT2D eigenvalue weighted by molar-refractivity contribution is 5.77. The molecule has 64 valence electrons. The molecule has 1 rings (SSSR count). The average Bonchev–Trinajstić information content (AvgIpc) is 2.03. The summed E-state index contributed by atoms with van der Waals surface area (Å²) in [6.07, 6.45) is 0.437. The Morgan fingerprint density at radius 1 is 1.17 bits per heavy atom. The summed E-state index contributed by atoms with van der Waals surface area (Å²) in [5.74, 6) is -2.95. The summed E-state index contributed by atoms with van der Waals surface area (Å²) in [4.78, 5) is 10.3. The number of benzene rings is 1. The second-order valence-electron chi connectivity index (χ2n) is 2.34. The van der Waals surface area contributed by atoms with Crippen LogP contribution >= 0.6 is 0 Å². The van der Waals surface area contributed by atoms with E-state index in [4.69, 9.17) is 15.3 Å². The van der Waals surface area contributed by atoms with Crippen molar-refractivity contribution in [2.45, 2.75) is 5.97 Å². The molecule has 0 radical (unpaired) electrons. The Labute approximate surface area is 68.7 Å². The lowest BCUT2D eigenvalue weighted by atomic mass is 10.1. The SMILES string of the molecule is O=Cc1ccccc1C(O)(O)O. The maximum Gasteiger partial charge on any atom is 0.305 e. The standard InChI is InChI=1S/C8H8O4/c9-5-6-3-1-2-4-7(6)8(10,11)12/h1-5,10-12H. The Balaban J connectivity index is 3.23. The minimum absolute atomic E-state index is 0.0463. The molecule has 1 aromatic carbocycles. The molecule has 0 spiro atoms. The Bertz CT molecular complexity index is 287. The van der Waals surface area contributed by atoms with Gasteiger partial charge in [0.2, 0.25) is 0 Å². The third kappa shape index (κ3) is 1.68. The molecule has 0 aliphatic rings. The molecular formula is C8H8O4. The lowest BCUT2D eigenvalue weighted by molar-refractivity contribution is -0.323. The Morgan fingerprint density at radius 2 is 1.75 bits per heavy atom. The van der Waals surface area contributed by atoms with Gasteiger partial charge in [-0.15, -0.1) is 0 Å². The van der Waals surface area contributed by atoms with Crippen molar-refractivity contribution in [1.82, 2.24) is 0 Å². The van der Waals surface area contributed by atoms with Crippen LogP contribution in [0, 0.1) is 0 Å². The smallest absolute Gasteiger partial charge is 0.305 e. The fourth-order valence-corrected chi connectivity index (χ4v) is 0.905. The van der Waals surface area contributed by atoms with Crippen LogP contribution in [0.5, 0.6) is 0 Å². The van der Waals surface area contributed by atoms with Gasteiger partial charge in [0, 0.05) is 5.56 Å². The minimum Gasteiger partial charge on any atom is -0.340 e. The zero-order valence-electron chi connectivity index (χ0n) is 6.14. The zero-order chi connectivity index (χ0) is 9.19. The third-order valence-corrected chi connectivity index (χ3v) is 1.45. The molecule has 0 unspecified atom stereocenters. The molecular weight excluding hydrogens is 160 g/mol. The number of rotatable bonds is 2. The van der Waals surface area contributed by atoms with Crippen LogP contribution < -0.4 is 0 Å². The normalized spacial score (nSPS) is 11.2. The molecule has 0 fully saturated rings. The summed E-state index contributed by atoms with van der Waals surface area (Å²) in [5.41, 5.74) is -0.176. The van der Waals surface area contributed by atoms with Gasteiger partial charge in [0.1, 0.15) is 0 Å². The topological polar surface area (TPSA) is 77.8 Å². The maximum absolute atomic E-state index is 10.3. The second kappa shape index (κ2) is 3.02. The van der Waals surface area contributed by atoms with Crippen LogP contribution in [0.1, 0.15) is 15.9 Å². The number of aldehydes is 1. The molecule has 0 heterocycles. The van der Waals surface area contributed by atoms with Crippen LogP contribution in [-0.4, -0.2) is 21.6 Å². The first-order chi connectivity index (χ1) is 5.55. The van der Waals surface area contributed by atoms with E-state index in [1.165, 1.54) is 18.2 Å². The van der Waals surface area contributed by atoms with Crippen molar-refractivity contribution in [1.29, 1.82) is 0 Å². The van der Waals surface area contributed by atoms with Gasteiger partial charge in [-0.3, -0.25) is 4.79 Å². The van der Waals surface area contributed by atoms with Gasteiger partial charge in [0.25, 0.3) is 0 Å². The fraction of sp³-hybridized carbons (Fsp3) is 0.125. The van der Waals surface area contributed by atoms with E-state index >= 15 is 0 Å². The number of carbonyl (C=O) groups excluding carboxylic acids is 1. The van der Waals surface area contributed by atoms with Crippen LogP contribution in [0.25, 0.3) is 0 Å². The molecule has 0 aliphatic heterocycles. The predicted molar refractivity (Wildman–Crippen MR) is 40.2 cm³/mol. The number of aliphatic hydroxyl groups is 3. The summed E-state index contributed by atoms with van der Waals surface area (Å²) < 4.78 is 0. The summed E-state index contributed by atoms with van der Waals surface area (Å²) in [5, 5.41) is 26.3. The highest BCUT2D eigenvalue weighted by Gasteiger charge is 2.24. The zero-order valence-corrected chi connectivity index (χ0v) is 6.14. The van der Waals surface area contributed by atoms with Crippen LogP contribution in [-0.2, 0) is 5.97 Å². The van der Waals surface area contributed by atoms with E-state index in [1.54, 1.807) is 6.07 Å². The van der Waals surface area contributed by atoms with Gasteiger partial charge in [-0.05, 0) is 0 Å². The Hall–Kier alpha value is -1.23. The quantitative estimate of drug-likeness (QED) is 0.414. The predicted octanol–water partition coefficient (Wildman–Crippen LogP) is -0.414. The molecule has 0 atom stereocenters. The van der Waals surface area contributed by atoms with Gasteiger partial charge in [0.15, 0.2) is 6.29 Å². The molecule has 0 amide bonds. The minimum atomic E-state index is -2.95. The van der Waals surface area contributed by atoms with Gasteiger partial charge in [0.05, 0.1) is 5.56 Å². The van der Waals surface area contributed by atoms with Crippen molar-refractivity contribution < 1.29 is 20.1 Å². The largest absolute Gasteiger partial charge is 0.340 e. The maximum atomic E-state index is 10.3.